The molecule has 0 saturated carbocycles. The standard InChI is InChI=1S/C16H13F6N/c1-23(2)13-9-5-8-12(16(20,21)22)14(13)10-6-3-4-7-11(10)15(17,18)19/h3-9H,1-2H3. The van der Waals surface area contributed by atoms with E-state index in [1.54, 1.807) is 0 Å². The normalized spacial score (nSPS) is 12.3. The Hall–Kier alpha value is -2.18. The minimum Gasteiger partial charge on any atom is -0.377 e. The van der Waals surface area contributed by atoms with Gasteiger partial charge in [-0.15, -0.1) is 0 Å². The zero-order chi connectivity index (χ0) is 17.4. The molecule has 0 aromatic heterocycles. The third-order valence-electron chi connectivity index (χ3n) is 3.33. The molecule has 1 nitrogen and oxygen atoms in total. The van der Waals surface area contributed by atoms with Crippen LogP contribution in [0.25, 0.3) is 11.1 Å². The smallest absolute Gasteiger partial charge is 0.377 e. The van der Waals surface area contributed by atoms with E-state index in [2.05, 4.69) is 0 Å². The van der Waals surface area contributed by atoms with Crippen molar-refractivity contribution in [2.75, 3.05) is 19.0 Å². The van der Waals surface area contributed by atoms with Gasteiger partial charge in [-0.25, -0.2) is 0 Å². The molecule has 7 heteroatoms. The van der Waals surface area contributed by atoms with Crippen LogP contribution < -0.4 is 4.90 Å². The second-order valence-electron chi connectivity index (χ2n) is 5.14. The second-order valence-corrected chi connectivity index (χ2v) is 5.14. The Morgan fingerprint density at radius 3 is 1.74 bits per heavy atom. The Bertz CT molecular complexity index is 700. The highest BCUT2D eigenvalue weighted by molar-refractivity contribution is 5.84. The molecule has 0 bridgehead atoms. The predicted molar refractivity (Wildman–Crippen MR) is 76.2 cm³/mol. The first-order chi connectivity index (χ1) is 10.5. The minimum atomic E-state index is -4.76. The fraction of sp³-hybridized carbons (Fsp3) is 0.250. The van der Waals surface area contributed by atoms with Crippen molar-refractivity contribution in [1.29, 1.82) is 0 Å². The molecule has 0 atom stereocenters. The molecule has 0 spiro atoms. The molecular weight excluding hydrogens is 320 g/mol. The molecule has 0 radical (unpaired) electrons. The molecule has 0 saturated heterocycles. The lowest BCUT2D eigenvalue weighted by molar-refractivity contribution is -0.139. The van der Waals surface area contributed by atoms with Crippen molar-refractivity contribution in [2.24, 2.45) is 0 Å². The summed E-state index contributed by atoms with van der Waals surface area (Å²) in [4.78, 5) is 1.36. The third-order valence-corrected chi connectivity index (χ3v) is 3.33. The van der Waals surface area contributed by atoms with Crippen LogP contribution in [0.4, 0.5) is 32.0 Å². The van der Waals surface area contributed by atoms with Gasteiger partial charge in [0, 0.05) is 25.3 Å². The number of nitrogens with zero attached hydrogens (tertiary/aromatic N) is 1. The number of hydrogen-bond donors (Lipinski definition) is 0. The maximum Gasteiger partial charge on any atom is 0.417 e. The lowest BCUT2D eigenvalue weighted by Crippen LogP contribution is -2.16. The Balaban J connectivity index is 2.88. The summed E-state index contributed by atoms with van der Waals surface area (Å²) < 4.78 is 79.5. The summed E-state index contributed by atoms with van der Waals surface area (Å²) in [6, 6.07) is 7.60. The highest BCUT2D eigenvalue weighted by atomic mass is 19.4. The zero-order valence-corrected chi connectivity index (χ0v) is 12.3. The summed E-state index contributed by atoms with van der Waals surface area (Å²) in [5.41, 5.74) is -3.09. The van der Waals surface area contributed by atoms with Crippen LogP contribution in [0.1, 0.15) is 11.1 Å². The number of halogens is 6. The van der Waals surface area contributed by atoms with Gasteiger partial charge in [-0.2, -0.15) is 26.3 Å². The van der Waals surface area contributed by atoms with Gasteiger partial charge in [0.15, 0.2) is 0 Å². The summed E-state index contributed by atoms with van der Waals surface area (Å²) in [5.74, 6) is 0. The maximum absolute atomic E-state index is 13.3. The first kappa shape index (κ1) is 17.2. The molecule has 0 aliphatic rings. The van der Waals surface area contributed by atoms with E-state index in [9.17, 15) is 26.3 Å². The van der Waals surface area contributed by atoms with Crippen LogP contribution in [-0.2, 0) is 12.4 Å². The Kier molecular flexibility index (Phi) is 4.32. The predicted octanol–water partition coefficient (Wildman–Crippen LogP) is 5.46. The Morgan fingerprint density at radius 1 is 0.696 bits per heavy atom. The first-order valence-corrected chi connectivity index (χ1v) is 6.57. The van der Waals surface area contributed by atoms with E-state index in [-0.39, 0.29) is 5.69 Å². The fourth-order valence-corrected chi connectivity index (χ4v) is 2.38. The number of hydrogen-bond acceptors (Lipinski definition) is 1. The molecule has 0 unspecified atom stereocenters. The summed E-state index contributed by atoms with van der Waals surface area (Å²) in [7, 11) is 2.96. The largest absolute Gasteiger partial charge is 0.417 e. The van der Waals surface area contributed by atoms with Crippen molar-refractivity contribution in [3.8, 4) is 11.1 Å². The van der Waals surface area contributed by atoms with E-state index in [0.29, 0.717) is 0 Å². The molecule has 2 aromatic rings. The second kappa shape index (κ2) is 5.79. The first-order valence-electron chi connectivity index (χ1n) is 6.57. The van der Waals surface area contributed by atoms with Crippen molar-refractivity contribution in [3.63, 3.8) is 0 Å². The molecule has 0 aliphatic heterocycles. The highest BCUT2D eigenvalue weighted by Crippen LogP contribution is 2.46. The molecule has 0 fully saturated rings. The number of rotatable bonds is 2. The van der Waals surface area contributed by atoms with Gasteiger partial charge in [0.1, 0.15) is 0 Å². The van der Waals surface area contributed by atoms with E-state index in [4.69, 9.17) is 0 Å². The van der Waals surface area contributed by atoms with Crippen LogP contribution in [0, 0.1) is 0 Å². The van der Waals surface area contributed by atoms with Crippen LogP contribution >= 0.6 is 0 Å². The van der Waals surface area contributed by atoms with E-state index < -0.39 is 34.6 Å². The zero-order valence-electron chi connectivity index (χ0n) is 12.3. The third kappa shape index (κ3) is 3.43. The summed E-state index contributed by atoms with van der Waals surface area (Å²) in [5, 5.41) is 0. The van der Waals surface area contributed by atoms with Gasteiger partial charge in [-0.1, -0.05) is 24.3 Å². The summed E-state index contributed by atoms with van der Waals surface area (Å²) >= 11 is 0. The van der Waals surface area contributed by atoms with E-state index in [1.165, 1.54) is 37.2 Å². The minimum absolute atomic E-state index is 0.0662. The lowest BCUT2D eigenvalue weighted by Gasteiger charge is -2.24. The van der Waals surface area contributed by atoms with Gasteiger partial charge < -0.3 is 4.90 Å². The number of anilines is 1. The molecule has 0 heterocycles. The van der Waals surface area contributed by atoms with Gasteiger partial charge in [0.2, 0.25) is 0 Å². The topological polar surface area (TPSA) is 3.24 Å². The monoisotopic (exact) mass is 333 g/mol. The maximum atomic E-state index is 13.3. The van der Waals surface area contributed by atoms with Crippen molar-refractivity contribution in [1.82, 2.24) is 0 Å². The van der Waals surface area contributed by atoms with E-state index in [1.807, 2.05) is 0 Å². The van der Waals surface area contributed by atoms with Crippen molar-refractivity contribution in [2.45, 2.75) is 12.4 Å². The highest BCUT2D eigenvalue weighted by Gasteiger charge is 2.39. The average molecular weight is 333 g/mol. The SMILES string of the molecule is CN(C)c1cccc(C(F)(F)F)c1-c1ccccc1C(F)(F)F. The van der Waals surface area contributed by atoms with E-state index in [0.717, 1.165) is 24.3 Å². The number of benzene rings is 2. The lowest BCUT2D eigenvalue weighted by atomic mass is 9.92. The van der Waals surface area contributed by atoms with Gasteiger partial charge in [0.25, 0.3) is 0 Å². The molecular formula is C16H13F6N. The van der Waals surface area contributed by atoms with Crippen LogP contribution in [0.3, 0.4) is 0 Å². The van der Waals surface area contributed by atoms with Gasteiger partial charge in [-0.05, 0) is 23.8 Å². The van der Waals surface area contributed by atoms with Gasteiger partial charge in [0.05, 0.1) is 11.1 Å². The molecule has 124 valence electrons. The molecule has 0 aliphatic carbocycles. The Labute approximate surface area is 129 Å². The Morgan fingerprint density at radius 2 is 1.22 bits per heavy atom. The van der Waals surface area contributed by atoms with Crippen LogP contribution in [0.5, 0.6) is 0 Å². The average Bonchev–Trinajstić information content (AvgIpc) is 2.44. The van der Waals surface area contributed by atoms with E-state index >= 15 is 0 Å². The van der Waals surface area contributed by atoms with Gasteiger partial charge >= 0.3 is 12.4 Å². The number of alkyl halides is 6. The molecule has 23 heavy (non-hydrogen) atoms. The fourth-order valence-electron chi connectivity index (χ4n) is 2.38. The summed E-state index contributed by atoms with van der Waals surface area (Å²) in [6.45, 7) is 0. The molecule has 2 rings (SSSR count). The van der Waals surface area contributed by atoms with Crippen molar-refractivity contribution in [3.05, 3.63) is 53.6 Å². The quantitative estimate of drug-likeness (QED) is 0.660. The molecule has 0 amide bonds. The summed E-state index contributed by atoms with van der Waals surface area (Å²) in [6.07, 6.45) is -9.51. The van der Waals surface area contributed by atoms with Crippen LogP contribution in [0.2, 0.25) is 0 Å². The van der Waals surface area contributed by atoms with Crippen LogP contribution in [-0.4, -0.2) is 14.1 Å². The van der Waals surface area contributed by atoms with Crippen LogP contribution in [0.15, 0.2) is 42.5 Å². The van der Waals surface area contributed by atoms with Crippen molar-refractivity contribution >= 4 is 5.69 Å². The molecule has 0 N–H and O–H groups in total. The molecule has 2 aromatic carbocycles. The van der Waals surface area contributed by atoms with Crippen molar-refractivity contribution < 1.29 is 26.3 Å². The van der Waals surface area contributed by atoms with Gasteiger partial charge in [-0.3, -0.25) is 0 Å².